The van der Waals surface area contributed by atoms with E-state index in [9.17, 15) is 18.0 Å². The third-order valence-corrected chi connectivity index (χ3v) is 8.50. The van der Waals surface area contributed by atoms with Crippen LogP contribution >= 0.6 is 11.3 Å². The largest absolute Gasteiger partial charge is 0.573 e. The molecule has 1 aliphatic rings. The minimum Gasteiger partial charge on any atom is -0.406 e. The first kappa shape index (κ1) is 29.4. The van der Waals surface area contributed by atoms with Gasteiger partial charge in [0, 0.05) is 16.6 Å². The Morgan fingerprint density at radius 2 is 1.66 bits per heavy atom. The highest BCUT2D eigenvalue weighted by atomic mass is 32.1. The number of rotatable bonds is 6. The number of alkyl halides is 3. The van der Waals surface area contributed by atoms with Crippen molar-refractivity contribution in [1.82, 2.24) is 24.6 Å². The minimum absolute atomic E-state index is 0.313. The predicted octanol–water partition coefficient (Wildman–Crippen LogP) is 7.22. The SMILES string of the molecule is Cc1cc(C)c(-n2c(C)cs/c2=N\C(=O)NC2(c3ccc(-c4ncn(-c5ccc(OC(F)(F)F)cc5)n4)cc3)CC2)c(C)c1. The number of halogens is 3. The van der Waals surface area contributed by atoms with E-state index in [1.54, 1.807) is 0 Å². The Morgan fingerprint density at radius 3 is 2.27 bits per heavy atom. The van der Waals surface area contributed by atoms with E-state index in [1.807, 2.05) is 41.1 Å². The van der Waals surface area contributed by atoms with E-state index in [2.05, 4.69) is 58.0 Å². The molecule has 1 aliphatic carbocycles. The number of ether oxygens (including phenoxy) is 1. The number of aromatic nitrogens is 4. The van der Waals surface area contributed by atoms with Gasteiger partial charge in [0.05, 0.1) is 16.9 Å². The fourth-order valence-corrected chi connectivity index (χ4v) is 6.31. The van der Waals surface area contributed by atoms with Crippen molar-refractivity contribution in [3.8, 4) is 28.5 Å². The molecular weight excluding hydrogens is 589 g/mol. The molecular formula is C32H29F3N6O2S. The highest BCUT2D eigenvalue weighted by molar-refractivity contribution is 7.07. The van der Waals surface area contributed by atoms with Crippen LogP contribution < -0.4 is 14.9 Å². The Labute approximate surface area is 255 Å². The molecule has 12 heteroatoms. The minimum atomic E-state index is -4.75. The number of carbonyl (C=O) groups is 1. The van der Waals surface area contributed by atoms with Crippen molar-refractivity contribution in [2.45, 2.75) is 52.4 Å². The summed E-state index contributed by atoms with van der Waals surface area (Å²) in [5.41, 5.74) is 7.26. The fourth-order valence-electron chi connectivity index (χ4n) is 5.46. The highest BCUT2D eigenvalue weighted by Gasteiger charge is 2.45. The Bertz CT molecular complexity index is 1890. The van der Waals surface area contributed by atoms with E-state index >= 15 is 0 Å². The van der Waals surface area contributed by atoms with Crippen molar-refractivity contribution in [2.75, 3.05) is 0 Å². The summed E-state index contributed by atoms with van der Waals surface area (Å²) in [5, 5.41) is 9.60. The quantitative estimate of drug-likeness (QED) is 0.218. The van der Waals surface area contributed by atoms with Gasteiger partial charge in [-0.3, -0.25) is 4.57 Å². The summed E-state index contributed by atoms with van der Waals surface area (Å²) in [6.45, 7) is 8.22. The molecule has 0 unspecified atom stereocenters. The molecule has 1 saturated carbocycles. The molecule has 3 aromatic carbocycles. The average Bonchev–Trinajstić information content (AvgIpc) is 3.40. The molecule has 0 bridgehead atoms. The van der Waals surface area contributed by atoms with Crippen molar-refractivity contribution in [2.24, 2.45) is 4.99 Å². The number of aryl methyl sites for hydroxylation is 4. The van der Waals surface area contributed by atoms with E-state index in [1.165, 1.54) is 52.2 Å². The summed E-state index contributed by atoms with van der Waals surface area (Å²) in [4.78, 5) is 22.6. The molecule has 2 aromatic heterocycles. The van der Waals surface area contributed by atoms with Gasteiger partial charge in [0.1, 0.15) is 12.1 Å². The smallest absolute Gasteiger partial charge is 0.406 e. The van der Waals surface area contributed by atoms with Crippen LogP contribution in [-0.2, 0) is 5.54 Å². The molecule has 0 saturated heterocycles. The van der Waals surface area contributed by atoms with Gasteiger partial charge in [0.25, 0.3) is 0 Å². The molecule has 6 rings (SSSR count). The van der Waals surface area contributed by atoms with E-state index in [4.69, 9.17) is 0 Å². The van der Waals surface area contributed by atoms with Gasteiger partial charge in [-0.25, -0.2) is 14.5 Å². The van der Waals surface area contributed by atoms with Crippen molar-refractivity contribution in [3.63, 3.8) is 0 Å². The van der Waals surface area contributed by atoms with E-state index in [-0.39, 0.29) is 5.75 Å². The lowest BCUT2D eigenvalue weighted by atomic mass is 10.0. The lowest BCUT2D eigenvalue weighted by molar-refractivity contribution is -0.274. The predicted molar refractivity (Wildman–Crippen MR) is 161 cm³/mol. The van der Waals surface area contributed by atoms with Gasteiger partial charge in [-0.05, 0) is 81.5 Å². The summed E-state index contributed by atoms with van der Waals surface area (Å²) < 4.78 is 44.8. The number of hydrogen-bond donors (Lipinski definition) is 1. The second kappa shape index (κ2) is 11.1. The molecule has 0 radical (unpaired) electrons. The van der Waals surface area contributed by atoms with Crippen LogP contribution in [0.5, 0.6) is 5.75 Å². The monoisotopic (exact) mass is 618 g/mol. The second-order valence-corrected chi connectivity index (χ2v) is 11.8. The number of benzene rings is 3. The molecule has 226 valence electrons. The first-order valence-electron chi connectivity index (χ1n) is 13.9. The molecule has 1 fully saturated rings. The number of thiazole rings is 1. The summed E-state index contributed by atoms with van der Waals surface area (Å²) in [6, 6.07) is 16.9. The molecule has 2 amide bonds. The zero-order chi connectivity index (χ0) is 31.2. The maximum atomic E-state index is 13.2. The zero-order valence-corrected chi connectivity index (χ0v) is 25.3. The summed E-state index contributed by atoms with van der Waals surface area (Å²) in [7, 11) is 0. The van der Waals surface area contributed by atoms with Crippen LogP contribution in [0.1, 0.15) is 40.8 Å². The lowest BCUT2D eigenvalue weighted by Gasteiger charge is -2.17. The second-order valence-electron chi connectivity index (χ2n) is 11.0. The molecule has 0 atom stereocenters. The van der Waals surface area contributed by atoms with Crippen LogP contribution in [0.15, 0.2) is 77.4 Å². The Balaban J connectivity index is 1.18. The summed E-state index contributed by atoms with van der Waals surface area (Å²) in [6.07, 6.45) is -1.66. The third-order valence-electron chi connectivity index (χ3n) is 7.55. The van der Waals surface area contributed by atoms with Crippen molar-refractivity contribution in [3.05, 3.63) is 105 Å². The first-order valence-corrected chi connectivity index (χ1v) is 14.8. The molecule has 44 heavy (non-hydrogen) atoms. The Morgan fingerprint density at radius 1 is 1.00 bits per heavy atom. The number of carbonyl (C=O) groups excluding carboxylic acids is 1. The Hall–Kier alpha value is -4.71. The van der Waals surface area contributed by atoms with Crippen LogP contribution in [0, 0.1) is 27.7 Å². The van der Waals surface area contributed by atoms with Crippen molar-refractivity contribution < 1.29 is 22.7 Å². The highest BCUT2D eigenvalue weighted by Crippen LogP contribution is 2.45. The molecule has 5 aromatic rings. The van der Waals surface area contributed by atoms with Gasteiger partial charge in [-0.1, -0.05) is 42.0 Å². The van der Waals surface area contributed by atoms with Crippen LogP contribution in [0.3, 0.4) is 0 Å². The molecule has 1 N–H and O–H groups in total. The number of nitrogens with zero attached hydrogens (tertiary/aromatic N) is 5. The average molecular weight is 619 g/mol. The zero-order valence-electron chi connectivity index (χ0n) is 24.4. The van der Waals surface area contributed by atoms with Gasteiger partial charge >= 0.3 is 12.4 Å². The normalized spacial score (nSPS) is 14.5. The summed E-state index contributed by atoms with van der Waals surface area (Å²) in [5.74, 6) is 0.141. The van der Waals surface area contributed by atoms with Gasteiger partial charge < -0.3 is 10.1 Å². The number of urea groups is 1. The van der Waals surface area contributed by atoms with Crippen molar-refractivity contribution >= 4 is 17.4 Å². The number of hydrogen-bond acceptors (Lipinski definition) is 5. The molecule has 0 spiro atoms. The van der Waals surface area contributed by atoms with Crippen LogP contribution in [0.25, 0.3) is 22.8 Å². The molecule has 2 heterocycles. The topological polar surface area (TPSA) is 86.3 Å². The van der Waals surface area contributed by atoms with Gasteiger partial charge in [-0.2, -0.15) is 4.99 Å². The lowest BCUT2D eigenvalue weighted by Crippen LogP contribution is -2.34. The third kappa shape index (κ3) is 6.02. The molecule has 0 aliphatic heterocycles. The van der Waals surface area contributed by atoms with Crippen LogP contribution in [0.2, 0.25) is 0 Å². The van der Waals surface area contributed by atoms with Gasteiger partial charge in [-0.15, -0.1) is 29.6 Å². The number of nitrogens with one attached hydrogen (secondary N) is 1. The molecule has 8 nitrogen and oxygen atoms in total. The van der Waals surface area contributed by atoms with Crippen molar-refractivity contribution in [1.29, 1.82) is 0 Å². The van der Waals surface area contributed by atoms with E-state index < -0.39 is 17.9 Å². The summed E-state index contributed by atoms with van der Waals surface area (Å²) >= 11 is 1.43. The van der Waals surface area contributed by atoms with Gasteiger partial charge in [0.15, 0.2) is 10.6 Å². The van der Waals surface area contributed by atoms with Gasteiger partial charge in [0.2, 0.25) is 0 Å². The maximum absolute atomic E-state index is 13.2. The Kier molecular flexibility index (Phi) is 7.40. The van der Waals surface area contributed by atoms with E-state index in [0.29, 0.717) is 16.3 Å². The van der Waals surface area contributed by atoms with Crippen LogP contribution in [-0.4, -0.2) is 31.7 Å². The van der Waals surface area contributed by atoms with Crippen LogP contribution in [0.4, 0.5) is 18.0 Å². The van der Waals surface area contributed by atoms with E-state index in [0.717, 1.165) is 46.5 Å². The standard InChI is InChI=1S/C32H29F3N6O2S/c1-19-15-20(2)27(21(3)16-19)41-22(4)17-44-30(41)37-29(42)38-31(13-14-31)24-7-5-23(6-8-24)28-36-18-40(39-28)25-9-11-26(12-10-25)43-32(33,34)35/h5-12,15-18H,13-14H2,1-4H3,(H,38,42)/b37-30-. The first-order chi connectivity index (χ1) is 20.9. The fraction of sp³-hybridized carbons (Fsp3) is 0.250. The maximum Gasteiger partial charge on any atom is 0.573 e. The number of amides is 2.